The molecule has 2 unspecified atom stereocenters. The van der Waals surface area contributed by atoms with Crippen molar-refractivity contribution in [1.82, 2.24) is 0 Å². The molecule has 0 heterocycles. The maximum Gasteiger partial charge on any atom is 0.302 e. The van der Waals surface area contributed by atoms with Crippen molar-refractivity contribution in [1.29, 1.82) is 0 Å². The first-order valence-electron chi connectivity index (χ1n) is 6.06. The van der Waals surface area contributed by atoms with Gasteiger partial charge in [0.1, 0.15) is 13.2 Å². The van der Waals surface area contributed by atoms with Gasteiger partial charge in [-0.25, -0.2) is 0 Å². The number of likely N-dealkylation sites (N-methyl/N-ethyl adjacent to an activating group) is 1. The number of nitrogens with zero attached hydrogens (tertiary/aromatic N) is 1. The topological polar surface area (TPSA) is 84.9 Å². The molecule has 19 heavy (non-hydrogen) atoms. The van der Waals surface area contributed by atoms with Crippen LogP contribution in [0, 0.1) is 5.92 Å². The predicted molar refractivity (Wildman–Crippen MR) is 68.2 cm³/mol. The van der Waals surface area contributed by atoms with Gasteiger partial charge in [0, 0.05) is 12.8 Å². The zero-order valence-corrected chi connectivity index (χ0v) is 13.1. The normalized spacial score (nSPS) is 16.7. The summed E-state index contributed by atoms with van der Waals surface area (Å²) in [7, 11) is 1.51. The van der Waals surface area contributed by atoms with Crippen molar-refractivity contribution < 1.29 is 32.5 Å². The third-order valence-electron chi connectivity index (χ3n) is 2.10. The molecule has 0 amide bonds. The standard InChI is InChI=1S/C11H24NO6P/c1-10(8-16-11(2)13)9-18-19(14,15)17-7-6-12(3,4)5/h10H,6-9H2,1-5H3. The van der Waals surface area contributed by atoms with Crippen LogP contribution in [0.2, 0.25) is 0 Å². The molecule has 0 aromatic heterocycles. The van der Waals surface area contributed by atoms with Crippen LogP contribution in [-0.2, 0) is 23.1 Å². The van der Waals surface area contributed by atoms with Crippen molar-refractivity contribution in [3.05, 3.63) is 0 Å². The summed E-state index contributed by atoms with van der Waals surface area (Å²) in [6.45, 7) is 3.68. The van der Waals surface area contributed by atoms with Crippen LogP contribution >= 0.6 is 7.82 Å². The molecule has 0 saturated carbocycles. The summed E-state index contributed by atoms with van der Waals surface area (Å²) in [5, 5.41) is 0. The number of ether oxygens (including phenoxy) is 1. The first kappa shape index (κ1) is 18.5. The zero-order valence-electron chi connectivity index (χ0n) is 12.2. The molecular weight excluding hydrogens is 273 g/mol. The van der Waals surface area contributed by atoms with Crippen LogP contribution in [0.15, 0.2) is 0 Å². The highest BCUT2D eigenvalue weighted by Gasteiger charge is 2.15. The second kappa shape index (κ2) is 7.97. The Bertz CT molecular complexity index is 328. The Morgan fingerprint density at radius 3 is 2.32 bits per heavy atom. The quantitative estimate of drug-likeness (QED) is 0.348. The van der Waals surface area contributed by atoms with Gasteiger partial charge in [0.15, 0.2) is 0 Å². The molecule has 0 aliphatic rings. The third kappa shape index (κ3) is 12.3. The van der Waals surface area contributed by atoms with Crippen LogP contribution in [0.3, 0.4) is 0 Å². The zero-order chi connectivity index (χ0) is 15.1. The highest BCUT2D eigenvalue weighted by molar-refractivity contribution is 7.45. The number of carbonyl (C=O) groups is 1. The minimum atomic E-state index is -4.28. The lowest BCUT2D eigenvalue weighted by Crippen LogP contribution is -2.37. The van der Waals surface area contributed by atoms with Crippen LogP contribution in [-0.4, -0.2) is 58.0 Å². The fourth-order valence-corrected chi connectivity index (χ4v) is 1.81. The van der Waals surface area contributed by atoms with E-state index in [-0.39, 0.29) is 25.7 Å². The van der Waals surface area contributed by atoms with Crippen LogP contribution in [0.1, 0.15) is 13.8 Å². The van der Waals surface area contributed by atoms with E-state index in [1.807, 2.05) is 21.1 Å². The lowest BCUT2D eigenvalue weighted by Gasteiger charge is -2.27. The summed E-state index contributed by atoms with van der Waals surface area (Å²) in [6, 6.07) is 0. The fraction of sp³-hybridized carbons (Fsp3) is 0.909. The van der Waals surface area contributed by atoms with E-state index in [4.69, 9.17) is 13.8 Å². The van der Waals surface area contributed by atoms with Gasteiger partial charge < -0.3 is 23.2 Å². The minimum Gasteiger partial charge on any atom is -0.756 e. The van der Waals surface area contributed by atoms with Crippen LogP contribution in [0.25, 0.3) is 0 Å². The molecule has 2 atom stereocenters. The highest BCUT2D eigenvalue weighted by atomic mass is 31.2. The fourth-order valence-electron chi connectivity index (χ4n) is 0.990. The van der Waals surface area contributed by atoms with Crippen molar-refractivity contribution in [2.75, 3.05) is 47.5 Å². The molecule has 0 aliphatic carbocycles. The molecule has 7 nitrogen and oxygen atoms in total. The van der Waals surface area contributed by atoms with Crippen molar-refractivity contribution >= 4 is 13.8 Å². The molecule has 114 valence electrons. The van der Waals surface area contributed by atoms with E-state index in [1.165, 1.54) is 6.92 Å². The Kier molecular flexibility index (Phi) is 7.78. The van der Waals surface area contributed by atoms with Gasteiger partial charge in [0.05, 0.1) is 34.4 Å². The predicted octanol–water partition coefficient (Wildman–Crippen LogP) is 0.393. The Morgan fingerprint density at radius 1 is 1.26 bits per heavy atom. The molecule has 0 aliphatic heterocycles. The molecule has 0 N–H and O–H groups in total. The van der Waals surface area contributed by atoms with E-state index in [0.717, 1.165) is 0 Å². The Labute approximate surface area is 114 Å². The molecule has 8 heteroatoms. The Hall–Kier alpha value is -0.460. The second-order valence-electron chi connectivity index (χ2n) is 5.50. The number of carbonyl (C=O) groups excluding carboxylic acids is 1. The monoisotopic (exact) mass is 297 g/mol. The number of quaternary nitrogens is 1. The summed E-state index contributed by atoms with van der Waals surface area (Å²) in [6.07, 6.45) is 0. The van der Waals surface area contributed by atoms with Gasteiger partial charge in [-0.05, 0) is 0 Å². The van der Waals surface area contributed by atoms with E-state index in [9.17, 15) is 14.3 Å². The van der Waals surface area contributed by atoms with Crippen LogP contribution in [0.5, 0.6) is 0 Å². The average Bonchev–Trinajstić information content (AvgIpc) is 2.21. The molecule has 0 aromatic rings. The number of hydrogen-bond donors (Lipinski definition) is 0. The van der Waals surface area contributed by atoms with Gasteiger partial charge in [0.25, 0.3) is 7.82 Å². The van der Waals surface area contributed by atoms with Crippen molar-refractivity contribution in [2.24, 2.45) is 5.92 Å². The lowest BCUT2D eigenvalue weighted by atomic mass is 10.2. The molecule has 0 fully saturated rings. The SMILES string of the molecule is CC(=O)OCC(C)COP(=O)([O-])OCC[N+](C)(C)C. The second-order valence-corrected chi connectivity index (χ2v) is 6.91. The van der Waals surface area contributed by atoms with Gasteiger partial charge in [0.2, 0.25) is 0 Å². The number of rotatable bonds is 9. The smallest absolute Gasteiger partial charge is 0.302 e. The van der Waals surface area contributed by atoms with Gasteiger partial charge >= 0.3 is 5.97 Å². The average molecular weight is 297 g/mol. The van der Waals surface area contributed by atoms with E-state index in [1.54, 1.807) is 6.92 Å². The lowest BCUT2D eigenvalue weighted by molar-refractivity contribution is -0.870. The molecule has 0 radical (unpaired) electrons. The molecule has 0 spiro atoms. The summed E-state index contributed by atoms with van der Waals surface area (Å²) >= 11 is 0. The van der Waals surface area contributed by atoms with E-state index < -0.39 is 13.8 Å². The summed E-state index contributed by atoms with van der Waals surface area (Å²) < 4.78 is 26.2. The first-order chi connectivity index (χ1) is 8.52. The summed E-state index contributed by atoms with van der Waals surface area (Å²) in [5.74, 6) is -0.621. The van der Waals surface area contributed by atoms with Crippen LogP contribution < -0.4 is 4.89 Å². The first-order valence-corrected chi connectivity index (χ1v) is 7.52. The number of esters is 1. The molecule has 0 bridgehead atoms. The van der Waals surface area contributed by atoms with E-state index in [0.29, 0.717) is 11.0 Å². The van der Waals surface area contributed by atoms with Gasteiger partial charge in [-0.15, -0.1) is 0 Å². The summed E-state index contributed by atoms with van der Waals surface area (Å²) in [4.78, 5) is 22.0. The van der Waals surface area contributed by atoms with Gasteiger partial charge in [-0.2, -0.15) is 0 Å². The van der Waals surface area contributed by atoms with E-state index >= 15 is 0 Å². The largest absolute Gasteiger partial charge is 0.756 e. The molecule has 0 saturated heterocycles. The van der Waals surface area contributed by atoms with Crippen molar-refractivity contribution in [3.8, 4) is 0 Å². The highest BCUT2D eigenvalue weighted by Crippen LogP contribution is 2.38. The Balaban J connectivity index is 3.89. The molecule has 0 aromatic carbocycles. The third-order valence-corrected chi connectivity index (χ3v) is 3.06. The van der Waals surface area contributed by atoms with Crippen molar-refractivity contribution in [3.63, 3.8) is 0 Å². The minimum absolute atomic E-state index is 0.0710. The van der Waals surface area contributed by atoms with E-state index in [2.05, 4.69) is 0 Å². The van der Waals surface area contributed by atoms with Crippen molar-refractivity contribution in [2.45, 2.75) is 13.8 Å². The maximum absolute atomic E-state index is 11.4. The van der Waals surface area contributed by atoms with Gasteiger partial charge in [-0.1, -0.05) is 6.92 Å². The Morgan fingerprint density at radius 2 is 1.84 bits per heavy atom. The molecule has 0 rings (SSSR count). The van der Waals surface area contributed by atoms with Gasteiger partial charge in [-0.3, -0.25) is 9.36 Å². The maximum atomic E-state index is 11.4. The number of phosphoric acid groups is 1. The number of hydrogen-bond acceptors (Lipinski definition) is 6. The summed E-state index contributed by atoms with van der Waals surface area (Å²) in [5.41, 5.74) is 0. The van der Waals surface area contributed by atoms with Crippen LogP contribution in [0.4, 0.5) is 0 Å². The number of phosphoric ester groups is 1. The molecular formula is C11H24NO6P.